The zero-order valence-electron chi connectivity index (χ0n) is 11.4. The minimum atomic E-state index is -1.05. The van der Waals surface area contributed by atoms with E-state index >= 15 is 0 Å². The molecule has 0 saturated carbocycles. The first-order chi connectivity index (χ1) is 10.5. The zero-order chi connectivity index (χ0) is 15.9. The summed E-state index contributed by atoms with van der Waals surface area (Å²) in [7, 11) is 0. The standard InChI is InChI=1S/C16H9FN2O2S/c1-8-2-9-4-10(15-19-7-13(22-15)16(20)21)5-11(6-18)14(9)12(17)3-8/h2-5,7H,1H3,(H,20,21). The molecule has 0 unspecified atom stereocenters. The highest BCUT2D eigenvalue weighted by atomic mass is 32.1. The molecule has 0 fully saturated rings. The molecule has 1 heterocycles. The van der Waals surface area contributed by atoms with E-state index in [2.05, 4.69) is 4.98 Å². The lowest BCUT2D eigenvalue weighted by Crippen LogP contribution is -1.90. The molecule has 3 rings (SSSR count). The van der Waals surface area contributed by atoms with Crippen molar-refractivity contribution in [3.63, 3.8) is 0 Å². The van der Waals surface area contributed by atoms with Crippen LogP contribution in [0.1, 0.15) is 20.8 Å². The van der Waals surface area contributed by atoms with Gasteiger partial charge in [0, 0.05) is 10.9 Å². The van der Waals surface area contributed by atoms with Gasteiger partial charge >= 0.3 is 5.97 Å². The van der Waals surface area contributed by atoms with Crippen LogP contribution in [0.15, 0.2) is 30.5 Å². The van der Waals surface area contributed by atoms with E-state index in [-0.39, 0.29) is 15.8 Å². The number of thiazole rings is 1. The highest BCUT2D eigenvalue weighted by Gasteiger charge is 2.14. The predicted octanol–water partition coefficient (Wildman–Crippen LogP) is 3.98. The first kappa shape index (κ1) is 14.2. The number of aromatic carboxylic acids is 1. The summed E-state index contributed by atoms with van der Waals surface area (Å²) in [5.41, 5.74) is 1.56. The van der Waals surface area contributed by atoms with Crippen LogP contribution < -0.4 is 0 Å². The van der Waals surface area contributed by atoms with Gasteiger partial charge < -0.3 is 5.11 Å². The van der Waals surface area contributed by atoms with Gasteiger partial charge in [-0.05, 0) is 36.1 Å². The van der Waals surface area contributed by atoms with Crippen LogP contribution in [0.3, 0.4) is 0 Å². The summed E-state index contributed by atoms with van der Waals surface area (Å²) in [4.78, 5) is 15.1. The van der Waals surface area contributed by atoms with Crippen molar-refractivity contribution < 1.29 is 14.3 Å². The van der Waals surface area contributed by atoms with Gasteiger partial charge in [0.1, 0.15) is 15.7 Å². The molecule has 2 aromatic carbocycles. The number of carbonyl (C=O) groups is 1. The Hall–Kier alpha value is -2.78. The molecule has 0 saturated heterocycles. The number of halogens is 1. The molecule has 6 heteroatoms. The molecule has 4 nitrogen and oxygen atoms in total. The Kier molecular flexibility index (Phi) is 3.35. The zero-order valence-corrected chi connectivity index (χ0v) is 12.2. The van der Waals surface area contributed by atoms with Crippen molar-refractivity contribution in [2.24, 2.45) is 0 Å². The second-order valence-electron chi connectivity index (χ2n) is 4.82. The highest BCUT2D eigenvalue weighted by Crippen LogP contribution is 2.32. The van der Waals surface area contributed by atoms with Gasteiger partial charge in [-0.2, -0.15) is 5.26 Å². The van der Waals surface area contributed by atoms with Crippen molar-refractivity contribution in [2.45, 2.75) is 6.92 Å². The number of aryl methyl sites for hydroxylation is 1. The van der Waals surface area contributed by atoms with Crippen LogP contribution in [0.5, 0.6) is 0 Å². The van der Waals surface area contributed by atoms with Gasteiger partial charge in [0.25, 0.3) is 0 Å². The van der Waals surface area contributed by atoms with E-state index in [1.165, 1.54) is 18.3 Å². The van der Waals surface area contributed by atoms with E-state index in [1.807, 2.05) is 6.07 Å². The minimum Gasteiger partial charge on any atom is -0.477 e. The Balaban J connectivity index is 2.27. The maximum atomic E-state index is 14.1. The number of hydrogen-bond acceptors (Lipinski definition) is 4. The Morgan fingerprint density at radius 1 is 1.36 bits per heavy atom. The molecule has 1 aromatic heterocycles. The monoisotopic (exact) mass is 312 g/mol. The third-order valence-electron chi connectivity index (χ3n) is 3.23. The molecule has 0 aliphatic heterocycles. The topological polar surface area (TPSA) is 74.0 Å². The van der Waals surface area contributed by atoms with Crippen molar-refractivity contribution in [3.05, 3.63) is 52.3 Å². The lowest BCUT2D eigenvalue weighted by molar-refractivity contribution is 0.0702. The number of carboxylic acids is 1. The van der Waals surface area contributed by atoms with Gasteiger partial charge in [-0.1, -0.05) is 6.07 Å². The van der Waals surface area contributed by atoms with E-state index < -0.39 is 11.8 Å². The summed E-state index contributed by atoms with van der Waals surface area (Å²) in [6.45, 7) is 1.77. The maximum absolute atomic E-state index is 14.1. The van der Waals surface area contributed by atoms with Crippen molar-refractivity contribution >= 4 is 28.1 Å². The maximum Gasteiger partial charge on any atom is 0.347 e. The molecule has 3 aromatic rings. The second kappa shape index (κ2) is 5.20. The normalized spacial score (nSPS) is 10.6. The van der Waals surface area contributed by atoms with Crippen LogP contribution in [0, 0.1) is 24.1 Å². The number of rotatable bonds is 2. The van der Waals surface area contributed by atoms with E-state index in [0.717, 1.165) is 16.9 Å². The Bertz CT molecular complexity index is 957. The lowest BCUT2D eigenvalue weighted by Gasteiger charge is -2.06. The van der Waals surface area contributed by atoms with Gasteiger partial charge in [-0.15, -0.1) is 11.3 Å². The Labute approximate surface area is 129 Å². The Morgan fingerprint density at radius 3 is 2.77 bits per heavy atom. The van der Waals surface area contributed by atoms with E-state index in [1.54, 1.807) is 19.1 Å². The van der Waals surface area contributed by atoms with Gasteiger partial charge in [0.05, 0.1) is 17.8 Å². The summed E-state index contributed by atoms with van der Waals surface area (Å²) >= 11 is 1.02. The van der Waals surface area contributed by atoms with E-state index in [4.69, 9.17) is 5.11 Å². The van der Waals surface area contributed by atoms with Crippen LogP contribution in [0.2, 0.25) is 0 Å². The largest absolute Gasteiger partial charge is 0.477 e. The molecule has 0 aliphatic carbocycles. The number of hydrogen-bond donors (Lipinski definition) is 1. The molecule has 0 radical (unpaired) electrons. The van der Waals surface area contributed by atoms with Crippen molar-refractivity contribution in [3.8, 4) is 16.6 Å². The third-order valence-corrected chi connectivity index (χ3v) is 4.26. The molecule has 108 valence electrons. The summed E-state index contributed by atoms with van der Waals surface area (Å²) in [6.07, 6.45) is 1.27. The van der Waals surface area contributed by atoms with Crippen LogP contribution in [0.25, 0.3) is 21.3 Å². The fraction of sp³-hybridized carbons (Fsp3) is 0.0625. The number of fused-ring (bicyclic) bond motifs is 1. The first-order valence-electron chi connectivity index (χ1n) is 6.33. The SMILES string of the molecule is Cc1cc(F)c2c(C#N)cc(-c3ncc(C(=O)O)s3)cc2c1. The Morgan fingerprint density at radius 2 is 2.14 bits per heavy atom. The quantitative estimate of drug-likeness (QED) is 0.776. The van der Waals surface area contributed by atoms with Crippen molar-refractivity contribution in [1.29, 1.82) is 5.26 Å². The molecule has 0 aliphatic rings. The summed E-state index contributed by atoms with van der Waals surface area (Å²) in [6, 6.07) is 8.41. The number of benzene rings is 2. The molecular weight excluding hydrogens is 303 g/mol. The molecule has 0 bridgehead atoms. The summed E-state index contributed by atoms with van der Waals surface area (Å²) in [5.74, 6) is -1.49. The molecule has 0 spiro atoms. The molecule has 0 amide bonds. The van der Waals surface area contributed by atoms with Crippen molar-refractivity contribution in [1.82, 2.24) is 4.98 Å². The fourth-order valence-corrected chi connectivity index (χ4v) is 3.06. The molecule has 22 heavy (non-hydrogen) atoms. The van der Waals surface area contributed by atoms with Crippen molar-refractivity contribution in [2.75, 3.05) is 0 Å². The van der Waals surface area contributed by atoms with Gasteiger partial charge in [0.2, 0.25) is 0 Å². The minimum absolute atomic E-state index is 0.115. The smallest absolute Gasteiger partial charge is 0.347 e. The third kappa shape index (κ3) is 2.32. The number of aromatic nitrogens is 1. The highest BCUT2D eigenvalue weighted by molar-refractivity contribution is 7.16. The number of nitrogens with zero attached hydrogens (tertiary/aromatic N) is 2. The average Bonchev–Trinajstić information content (AvgIpc) is 2.95. The fourth-order valence-electron chi connectivity index (χ4n) is 2.32. The van der Waals surface area contributed by atoms with Crippen LogP contribution in [-0.4, -0.2) is 16.1 Å². The molecule has 1 N–H and O–H groups in total. The van der Waals surface area contributed by atoms with Crippen LogP contribution in [-0.2, 0) is 0 Å². The first-order valence-corrected chi connectivity index (χ1v) is 7.14. The molecular formula is C16H9FN2O2S. The second-order valence-corrected chi connectivity index (χ2v) is 5.85. The van der Waals surface area contributed by atoms with E-state index in [9.17, 15) is 14.4 Å². The number of carboxylic acid groups (broad SMARTS) is 1. The van der Waals surface area contributed by atoms with Gasteiger partial charge in [0.15, 0.2) is 0 Å². The summed E-state index contributed by atoms with van der Waals surface area (Å²) in [5, 5.41) is 19.6. The number of nitriles is 1. The van der Waals surface area contributed by atoms with Gasteiger partial charge in [-0.25, -0.2) is 14.2 Å². The van der Waals surface area contributed by atoms with E-state index in [0.29, 0.717) is 16.0 Å². The molecule has 0 atom stereocenters. The lowest BCUT2D eigenvalue weighted by atomic mass is 9.99. The van der Waals surface area contributed by atoms with Gasteiger partial charge in [-0.3, -0.25) is 0 Å². The predicted molar refractivity (Wildman–Crippen MR) is 81.4 cm³/mol. The summed E-state index contributed by atoms with van der Waals surface area (Å²) < 4.78 is 14.1. The van der Waals surface area contributed by atoms with Crippen LogP contribution in [0.4, 0.5) is 4.39 Å². The van der Waals surface area contributed by atoms with Crippen LogP contribution >= 0.6 is 11.3 Å². The average molecular weight is 312 g/mol.